The molecule has 1 aromatic carbocycles. The van der Waals surface area contributed by atoms with Crippen LogP contribution in [0.4, 0.5) is 0 Å². The molecule has 0 bridgehead atoms. The van der Waals surface area contributed by atoms with Gasteiger partial charge in [-0.1, -0.05) is 30.3 Å². The molecule has 0 radical (unpaired) electrons. The number of hydrogen-bond donors (Lipinski definition) is 1. The quantitative estimate of drug-likeness (QED) is 0.905. The number of methoxy groups -OCH3 is 1. The van der Waals surface area contributed by atoms with Crippen LogP contribution >= 0.6 is 0 Å². The second-order valence-electron chi connectivity index (χ2n) is 5.22. The monoisotopic (exact) mass is 268 g/mol. The number of hydrogen-bond acceptors (Lipinski definition) is 3. The third-order valence-corrected chi connectivity index (χ3v) is 3.92. The molecule has 1 aromatic heterocycles. The Morgan fingerprint density at radius 2 is 2.05 bits per heavy atom. The lowest BCUT2D eigenvalue weighted by atomic mass is 10.1. The molecule has 0 amide bonds. The third kappa shape index (κ3) is 2.74. The minimum Gasteiger partial charge on any atom is -0.380 e. The van der Waals surface area contributed by atoms with E-state index in [1.54, 1.807) is 7.11 Å². The van der Waals surface area contributed by atoms with Crippen molar-refractivity contribution in [2.24, 2.45) is 0 Å². The van der Waals surface area contributed by atoms with Gasteiger partial charge in [0.05, 0.1) is 18.3 Å². The van der Waals surface area contributed by atoms with Gasteiger partial charge < -0.3 is 10.1 Å². The maximum atomic E-state index is 5.26. The molecule has 1 aliphatic carbocycles. The van der Waals surface area contributed by atoms with Crippen LogP contribution in [-0.2, 0) is 24.3 Å². The third-order valence-electron chi connectivity index (χ3n) is 3.92. The smallest absolute Gasteiger partial charge is 0.0716 e. The Morgan fingerprint density at radius 3 is 2.90 bits per heavy atom. The SMILES string of the molecule is COCc1ccccc1CNC1CCc2cccnc21. The Morgan fingerprint density at radius 1 is 1.20 bits per heavy atom. The van der Waals surface area contributed by atoms with E-state index in [2.05, 4.69) is 40.6 Å². The van der Waals surface area contributed by atoms with Gasteiger partial charge in [-0.25, -0.2) is 0 Å². The van der Waals surface area contributed by atoms with Crippen molar-refractivity contribution < 1.29 is 4.74 Å². The molecule has 0 fully saturated rings. The summed E-state index contributed by atoms with van der Waals surface area (Å²) in [4.78, 5) is 4.52. The molecule has 20 heavy (non-hydrogen) atoms. The van der Waals surface area contributed by atoms with Crippen LogP contribution in [0.25, 0.3) is 0 Å². The van der Waals surface area contributed by atoms with Crippen molar-refractivity contribution in [1.82, 2.24) is 10.3 Å². The fraction of sp³-hybridized carbons (Fsp3) is 0.353. The highest BCUT2D eigenvalue weighted by Crippen LogP contribution is 2.29. The first-order valence-electron chi connectivity index (χ1n) is 7.11. The molecule has 1 aliphatic rings. The summed E-state index contributed by atoms with van der Waals surface area (Å²) in [6.07, 6.45) is 4.15. The topological polar surface area (TPSA) is 34.1 Å². The minimum atomic E-state index is 0.377. The molecule has 0 saturated heterocycles. The summed E-state index contributed by atoms with van der Waals surface area (Å²) in [5.41, 5.74) is 5.16. The lowest BCUT2D eigenvalue weighted by molar-refractivity contribution is 0.184. The fourth-order valence-electron chi connectivity index (χ4n) is 2.87. The average molecular weight is 268 g/mol. The van der Waals surface area contributed by atoms with Crippen molar-refractivity contribution in [3.63, 3.8) is 0 Å². The first-order valence-corrected chi connectivity index (χ1v) is 7.11. The predicted molar refractivity (Wildman–Crippen MR) is 79.3 cm³/mol. The van der Waals surface area contributed by atoms with Gasteiger partial charge in [-0.15, -0.1) is 0 Å². The first kappa shape index (κ1) is 13.3. The van der Waals surface area contributed by atoms with Gasteiger partial charge in [0.2, 0.25) is 0 Å². The number of nitrogens with zero attached hydrogens (tertiary/aromatic N) is 1. The lowest BCUT2D eigenvalue weighted by Crippen LogP contribution is -2.20. The molecule has 3 heteroatoms. The largest absolute Gasteiger partial charge is 0.380 e. The van der Waals surface area contributed by atoms with E-state index in [0.717, 1.165) is 19.4 Å². The van der Waals surface area contributed by atoms with Crippen molar-refractivity contribution in [1.29, 1.82) is 0 Å². The maximum absolute atomic E-state index is 5.26. The van der Waals surface area contributed by atoms with Gasteiger partial charge in [-0.05, 0) is 35.6 Å². The Hall–Kier alpha value is -1.71. The molecule has 1 unspecified atom stereocenters. The maximum Gasteiger partial charge on any atom is 0.0716 e. The Bertz CT molecular complexity index is 583. The van der Waals surface area contributed by atoms with Gasteiger partial charge in [0, 0.05) is 19.9 Å². The normalized spacial score (nSPS) is 17.1. The summed E-state index contributed by atoms with van der Waals surface area (Å²) in [5.74, 6) is 0. The molecule has 2 aromatic rings. The molecule has 0 aliphatic heterocycles. The number of fused-ring (bicyclic) bond motifs is 1. The summed E-state index contributed by atoms with van der Waals surface area (Å²) in [5, 5.41) is 3.63. The van der Waals surface area contributed by atoms with Gasteiger partial charge >= 0.3 is 0 Å². The van der Waals surface area contributed by atoms with Crippen molar-refractivity contribution in [2.45, 2.75) is 32.0 Å². The zero-order valence-corrected chi connectivity index (χ0v) is 11.8. The molecular formula is C17H20N2O. The number of aromatic nitrogens is 1. The molecule has 104 valence electrons. The van der Waals surface area contributed by atoms with Crippen LogP contribution < -0.4 is 5.32 Å². The highest BCUT2D eigenvalue weighted by Gasteiger charge is 2.22. The highest BCUT2D eigenvalue weighted by molar-refractivity contribution is 5.29. The summed E-state index contributed by atoms with van der Waals surface area (Å²) < 4.78 is 5.26. The molecule has 1 atom stereocenters. The molecule has 0 saturated carbocycles. The van der Waals surface area contributed by atoms with Gasteiger partial charge in [-0.3, -0.25) is 4.98 Å². The second-order valence-corrected chi connectivity index (χ2v) is 5.22. The molecule has 0 spiro atoms. The van der Waals surface area contributed by atoms with Gasteiger partial charge in [0.15, 0.2) is 0 Å². The molecule has 3 nitrogen and oxygen atoms in total. The van der Waals surface area contributed by atoms with E-state index < -0.39 is 0 Å². The first-order chi connectivity index (χ1) is 9.88. The summed E-state index contributed by atoms with van der Waals surface area (Å²) >= 11 is 0. The standard InChI is InChI=1S/C17H20N2O/c1-20-12-15-6-3-2-5-14(15)11-19-16-9-8-13-7-4-10-18-17(13)16/h2-7,10,16,19H,8-9,11-12H2,1H3. The van der Waals surface area contributed by atoms with Crippen LogP contribution in [-0.4, -0.2) is 12.1 Å². The summed E-state index contributed by atoms with van der Waals surface area (Å²) in [7, 11) is 1.74. The summed E-state index contributed by atoms with van der Waals surface area (Å²) in [6, 6.07) is 13.0. The van der Waals surface area contributed by atoms with Crippen LogP contribution in [0.3, 0.4) is 0 Å². The van der Waals surface area contributed by atoms with E-state index in [0.29, 0.717) is 12.6 Å². The van der Waals surface area contributed by atoms with Crippen LogP contribution in [0, 0.1) is 0 Å². The lowest BCUT2D eigenvalue weighted by Gasteiger charge is -2.15. The van der Waals surface area contributed by atoms with Crippen LogP contribution in [0.2, 0.25) is 0 Å². The van der Waals surface area contributed by atoms with Gasteiger partial charge in [-0.2, -0.15) is 0 Å². The second kappa shape index (κ2) is 6.16. The fourth-order valence-corrected chi connectivity index (χ4v) is 2.87. The molecule has 1 heterocycles. The molecule has 1 N–H and O–H groups in total. The number of aryl methyl sites for hydroxylation is 1. The molecular weight excluding hydrogens is 248 g/mol. The number of benzene rings is 1. The van der Waals surface area contributed by atoms with E-state index in [9.17, 15) is 0 Å². The van der Waals surface area contributed by atoms with E-state index in [4.69, 9.17) is 4.74 Å². The van der Waals surface area contributed by atoms with Crippen molar-refractivity contribution in [2.75, 3.05) is 7.11 Å². The zero-order chi connectivity index (χ0) is 13.8. The minimum absolute atomic E-state index is 0.377. The van der Waals surface area contributed by atoms with Crippen LogP contribution in [0.15, 0.2) is 42.6 Å². The Labute approximate surface area is 120 Å². The van der Waals surface area contributed by atoms with Crippen molar-refractivity contribution in [3.05, 3.63) is 65.0 Å². The Balaban J connectivity index is 1.69. The Kier molecular flexibility index (Phi) is 4.09. The van der Waals surface area contributed by atoms with Gasteiger partial charge in [0.25, 0.3) is 0 Å². The predicted octanol–water partition coefficient (Wildman–Crippen LogP) is 3.01. The van der Waals surface area contributed by atoms with E-state index in [1.807, 2.05) is 12.3 Å². The van der Waals surface area contributed by atoms with Gasteiger partial charge in [0.1, 0.15) is 0 Å². The molecule has 3 rings (SSSR count). The zero-order valence-electron chi connectivity index (χ0n) is 11.8. The van der Waals surface area contributed by atoms with Crippen molar-refractivity contribution >= 4 is 0 Å². The number of pyridine rings is 1. The summed E-state index contributed by atoms with van der Waals surface area (Å²) in [6.45, 7) is 1.53. The van der Waals surface area contributed by atoms with E-state index in [1.165, 1.54) is 22.4 Å². The number of nitrogens with one attached hydrogen (secondary N) is 1. The number of rotatable bonds is 5. The van der Waals surface area contributed by atoms with Crippen molar-refractivity contribution in [3.8, 4) is 0 Å². The van der Waals surface area contributed by atoms with E-state index >= 15 is 0 Å². The highest BCUT2D eigenvalue weighted by atomic mass is 16.5. The average Bonchev–Trinajstić information content (AvgIpc) is 2.90. The number of ether oxygens (including phenoxy) is 1. The van der Waals surface area contributed by atoms with E-state index in [-0.39, 0.29) is 0 Å². The van der Waals surface area contributed by atoms with Crippen LogP contribution in [0.5, 0.6) is 0 Å². The van der Waals surface area contributed by atoms with Crippen LogP contribution in [0.1, 0.15) is 34.8 Å².